The van der Waals surface area contributed by atoms with Crippen molar-refractivity contribution in [3.05, 3.63) is 60.4 Å². The number of ether oxygens (including phenoxy) is 1. The Kier molecular flexibility index (Phi) is 5.19. The van der Waals surface area contributed by atoms with E-state index in [1.54, 1.807) is 18.5 Å². The molecule has 1 aliphatic heterocycles. The van der Waals surface area contributed by atoms with Gasteiger partial charge in [-0.3, -0.25) is 4.98 Å². The topological polar surface area (TPSA) is 126 Å². The minimum Gasteiger partial charge on any atom is -0.383 e. The van der Waals surface area contributed by atoms with Crippen LogP contribution >= 0.6 is 0 Å². The van der Waals surface area contributed by atoms with Gasteiger partial charge in [0.05, 0.1) is 41.9 Å². The summed E-state index contributed by atoms with van der Waals surface area (Å²) in [5.74, 6) is 1.39. The molecule has 1 saturated heterocycles. The van der Waals surface area contributed by atoms with Gasteiger partial charge in [-0.2, -0.15) is 10.2 Å². The molecule has 0 spiro atoms. The number of hydrogen-bond donors (Lipinski definition) is 2. The lowest BCUT2D eigenvalue weighted by Gasteiger charge is -2.27. The summed E-state index contributed by atoms with van der Waals surface area (Å²) >= 11 is 0. The number of fused-ring (bicyclic) bond motifs is 1. The fourth-order valence-electron chi connectivity index (χ4n) is 3.54. The molecule has 0 radical (unpaired) electrons. The highest BCUT2D eigenvalue weighted by Crippen LogP contribution is 2.27. The Morgan fingerprint density at radius 3 is 2.72 bits per heavy atom. The summed E-state index contributed by atoms with van der Waals surface area (Å²) in [6.07, 6.45) is 3.39. The molecule has 32 heavy (non-hydrogen) atoms. The van der Waals surface area contributed by atoms with E-state index >= 15 is 0 Å². The zero-order chi connectivity index (χ0) is 21.9. The fraction of sp³-hybridized carbons (Fsp3) is 0.174. The highest BCUT2D eigenvalue weighted by Gasteiger charge is 2.17. The molecule has 9 heteroatoms. The molecule has 1 aliphatic rings. The summed E-state index contributed by atoms with van der Waals surface area (Å²) in [4.78, 5) is 20.2. The molecule has 5 rings (SSSR count). The van der Waals surface area contributed by atoms with Gasteiger partial charge in [-0.15, -0.1) is 0 Å². The van der Waals surface area contributed by atoms with Crippen LogP contribution in [0, 0.1) is 11.3 Å². The number of para-hydroxylation sites is 1. The van der Waals surface area contributed by atoms with Crippen molar-refractivity contribution in [2.75, 3.05) is 42.3 Å². The van der Waals surface area contributed by atoms with Crippen LogP contribution in [-0.4, -0.2) is 46.2 Å². The Bertz CT molecular complexity index is 1330. The molecule has 3 N–H and O–H groups in total. The first kappa shape index (κ1) is 19.7. The van der Waals surface area contributed by atoms with Crippen molar-refractivity contribution in [3.63, 3.8) is 0 Å². The number of benzene rings is 1. The van der Waals surface area contributed by atoms with E-state index in [1.165, 1.54) is 0 Å². The van der Waals surface area contributed by atoms with E-state index in [9.17, 15) is 5.26 Å². The molecule has 4 aromatic rings. The van der Waals surface area contributed by atoms with E-state index in [4.69, 9.17) is 20.4 Å². The zero-order valence-electron chi connectivity index (χ0n) is 17.2. The van der Waals surface area contributed by atoms with Crippen molar-refractivity contribution in [2.45, 2.75) is 0 Å². The summed E-state index contributed by atoms with van der Waals surface area (Å²) in [7, 11) is 0. The normalized spacial score (nSPS) is 13.7. The van der Waals surface area contributed by atoms with Crippen LogP contribution in [0.15, 0.2) is 54.9 Å². The van der Waals surface area contributed by atoms with Gasteiger partial charge in [0.2, 0.25) is 5.95 Å². The van der Waals surface area contributed by atoms with Crippen LogP contribution in [0.1, 0.15) is 5.56 Å². The lowest BCUT2D eigenvalue weighted by atomic mass is 10.1. The van der Waals surface area contributed by atoms with E-state index in [-0.39, 0.29) is 5.82 Å². The first-order chi connectivity index (χ1) is 15.7. The molecule has 0 amide bonds. The van der Waals surface area contributed by atoms with Gasteiger partial charge in [0, 0.05) is 36.3 Å². The van der Waals surface area contributed by atoms with Crippen molar-refractivity contribution in [2.24, 2.45) is 0 Å². The van der Waals surface area contributed by atoms with E-state index in [1.807, 2.05) is 36.4 Å². The van der Waals surface area contributed by atoms with Crippen LogP contribution in [0.5, 0.6) is 0 Å². The first-order valence-electron chi connectivity index (χ1n) is 10.2. The predicted molar refractivity (Wildman–Crippen MR) is 122 cm³/mol. The number of nitrogens with one attached hydrogen (secondary N) is 1. The van der Waals surface area contributed by atoms with Gasteiger partial charge < -0.3 is 20.7 Å². The fourth-order valence-corrected chi connectivity index (χ4v) is 3.54. The minimum atomic E-state index is 0.194. The third-order valence-corrected chi connectivity index (χ3v) is 5.21. The number of hydrogen-bond acceptors (Lipinski definition) is 9. The molecule has 1 fully saturated rings. The maximum atomic E-state index is 9.34. The summed E-state index contributed by atoms with van der Waals surface area (Å²) in [6.45, 7) is 2.63. The van der Waals surface area contributed by atoms with Crippen LogP contribution in [-0.2, 0) is 4.74 Å². The van der Waals surface area contributed by atoms with Gasteiger partial charge in [0.15, 0.2) is 0 Å². The lowest BCUT2D eigenvalue weighted by molar-refractivity contribution is 0.122. The van der Waals surface area contributed by atoms with E-state index in [0.717, 1.165) is 16.6 Å². The number of morpholine rings is 1. The van der Waals surface area contributed by atoms with Crippen molar-refractivity contribution in [1.82, 2.24) is 19.9 Å². The Morgan fingerprint density at radius 1 is 1.03 bits per heavy atom. The molecule has 0 bridgehead atoms. The molecule has 4 heterocycles. The number of aromatic nitrogens is 4. The SMILES string of the molecule is N#Cc1cc(-c2cc(Nc3cnc4ccccc4c3)nc(N3CCOCC3)n2)cnc1N. The number of rotatable bonds is 4. The van der Waals surface area contributed by atoms with Crippen LogP contribution in [0.4, 0.5) is 23.3 Å². The molecule has 158 valence electrons. The summed E-state index contributed by atoms with van der Waals surface area (Å²) in [5.41, 5.74) is 9.17. The molecule has 1 aromatic carbocycles. The maximum absolute atomic E-state index is 9.34. The van der Waals surface area contributed by atoms with Gasteiger partial charge >= 0.3 is 0 Å². The van der Waals surface area contributed by atoms with E-state index < -0.39 is 0 Å². The number of nitrogens with two attached hydrogens (primary N) is 1. The van der Waals surface area contributed by atoms with Crippen LogP contribution in [0.25, 0.3) is 22.2 Å². The predicted octanol–water partition coefficient (Wildman–Crippen LogP) is 3.12. The second kappa shape index (κ2) is 8.45. The highest BCUT2D eigenvalue weighted by atomic mass is 16.5. The van der Waals surface area contributed by atoms with Gasteiger partial charge in [-0.05, 0) is 18.2 Å². The Labute approximate surface area is 184 Å². The van der Waals surface area contributed by atoms with Gasteiger partial charge in [-0.25, -0.2) is 9.97 Å². The largest absolute Gasteiger partial charge is 0.383 e. The minimum absolute atomic E-state index is 0.194. The van der Waals surface area contributed by atoms with E-state index in [0.29, 0.717) is 54.9 Å². The van der Waals surface area contributed by atoms with Crippen LogP contribution in [0.3, 0.4) is 0 Å². The number of nitrogens with zero attached hydrogens (tertiary/aromatic N) is 6. The maximum Gasteiger partial charge on any atom is 0.228 e. The summed E-state index contributed by atoms with van der Waals surface area (Å²) < 4.78 is 5.47. The second-order valence-electron chi connectivity index (χ2n) is 7.35. The molecule has 0 aliphatic carbocycles. The number of nitrogen functional groups attached to an aromatic ring is 1. The average Bonchev–Trinajstić information content (AvgIpc) is 2.84. The second-order valence-corrected chi connectivity index (χ2v) is 7.35. The smallest absolute Gasteiger partial charge is 0.228 e. The van der Waals surface area contributed by atoms with Gasteiger partial charge in [0.25, 0.3) is 0 Å². The quantitative estimate of drug-likeness (QED) is 0.508. The van der Waals surface area contributed by atoms with Gasteiger partial charge in [0.1, 0.15) is 17.7 Å². The molecule has 9 nitrogen and oxygen atoms in total. The Morgan fingerprint density at radius 2 is 1.88 bits per heavy atom. The highest BCUT2D eigenvalue weighted by molar-refractivity contribution is 5.82. The van der Waals surface area contributed by atoms with Gasteiger partial charge in [-0.1, -0.05) is 18.2 Å². The monoisotopic (exact) mass is 424 g/mol. The number of pyridine rings is 2. The molecular formula is C23H20N8O. The molecule has 0 unspecified atom stereocenters. The first-order valence-corrected chi connectivity index (χ1v) is 10.2. The summed E-state index contributed by atoms with van der Waals surface area (Å²) in [5, 5.41) is 13.7. The van der Waals surface area contributed by atoms with E-state index in [2.05, 4.69) is 26.3 Å². The lowest BCUT2D eigenvalue weighted by Crippen LogP contribution is -2.37. The van der Waals surface area contributed by atoms with Crippen molar-refractivity contribution in [3.8, 4) is 17.3 Å². The molecule has 3 aromatic heterocycles. The molecule has 0 atom stereocenters. The summed E-state index contributed by atoms with van der Waals surface area (Å²) in [6, 6.07) is 15.5. The standard InChI is InChI=1S/C23H20N8O/c24-12-16-9-17(13-27-22(16)25)20-11-21(30-23(29-20)31-5-7-32-8-6-31)28-18-10-15-3-1-2-4-19(15)26-14-18/h1-4,9-11,13-14H,5-8H2,(H2,25,27)(H,28,29,30). The average molecular weight is 424 g/mol. The number of nitriles is 1. The number of anilines is 4. The Balaban J connectivity index is 1.56. The third-order valence-electron chi connectivity index (χ3n) is 5.21. The van der Waals surface area contributed by atoms with Crippen molar-refractivity contribution in [1.29, 1.82) is 5.26 Å². The third kappa shape index (κ3) is 3.99. The van der Waals surface area contributed by atoms with Crippen LogP contribution < -0.4 is 16.0 Å². The molecule has 0 saturated carbocycles. The molecular weight excluding hydrogens is 404 g/mol. The zero-order valence-corrected chi connectivity index (χ0v) is 17.2. The Hall–Kier alpha value is -4.29. The van der Waals surface area contributed by atoms with Crippen LogP contribution in [0.2, 0.25) is 0 Å². The van der Waals surface area contributed by atoms with Crippen molar-refractivity contribution < 1.29 is 4.74 Å². The van der Waals surface area contributed by atoms with Crippen molar-refractivity contribution >= 4 is 34.2 Å².